The van der Waals surface area contributed by atoms with E-state index in [2.05, 4.69) is 26.2 Å². The Labute approximate surface area is 200 Å². The fraction of sp³-hybridized carbons (Fsp3) is 0.304. The number of imide groups is 1. The van der Waals surface area contributed by atoms with Gasteiger partial charge in [0.25, 0.3) is 5.91 Å². The number of rotatable bonds is 6. The third-order valence-electron chi connectivity index (χ3n) is 6.06. The highest BCUT2D eigenvalue weighted by Crippen LogP contribution is 2.33. The summed E-state index contributed by atoms with van der Waals surface area (Å²) in [5, 5.41) is 16.6. The molecule has 2 aliphatic heterocycles. The van der Waals surface area contributed by atoms with Gasteiger partial charge in [-0.2, -0.15) is 0 Å². The van der Waals surface area contributed by atoms with Crippen LogP contribution in [0.2, 0.25) is 0 Å². The third-order valence-corrected chi connectivity index (χ3v) is 6.06. The van der Waals surface area contributed by atoms with Gasteiger partial charge < -0.3 is 20.1 Å². The molecule has 2 aromatic carbocycles. The molecule has 3 aromatic rings. The van der Waals surface area contributed by atoms with Gasteiger partial charge in [-0.25, -0.2) is 9.48 Å². The zero-order valence-electron chi connectivity index (χ0n) is 19.1. The van der Waals surface area contributed by atoms with E-state index < -0.39 is 29.9 Å². The molecule has 0 aliphatic carbocycles. The van der Waals surface area contributed by atoms with Crippen LogP contribution >= 0.6 is 0 Å². The van der Waals surface area contributed by atoms with E-state index in [1.807, 2.05) is 19.1 Å². The Bertz CT molecular complexity index is 1300. The van der Waals surface area contributed by atoms with E-state index in [9.17, 15) is 14.4 Å². The summed E-state index contributed by atoms with van der Waals surface area (Å²) in [5.74, 6) is 0.269. The van der Waals surface area contributed by atoms with E-state index in [1.54, 1.807) is 37.3 Å². The molecule has 5 rings (SSSR count). The van der Waals surface area contributed by atoms with E-state index in [4.69, 9.17) is 9.47 Å². The zero-order chi connectivity index (χ0) is 24.6. The van der Waals surface area contributed by atoms with Crippen LogP contribution in [-0.2, 0) is 15.1 Å². The Morgan fingerprint density at radius 2 is 1.97 bits per heavy atom. The van der Waals surface area contributed by atoms with Crippen molar-refractivity contribution in [3.63, 3.8) is 0 Å². The number of urea groups is 1. The lowest BCUT2D eigenvalue weighted by atomic mass is 9.91. The smallest absolute Gasteiger partial charge is 0.325 e. The highest BCUT2D eigenvalue weighted by atomic mass is 16.6. The predicted octanol–water partition coefficient (Wildman–Crippen LogP) is 1.08. The average molecular weight is 477 g/mol. The van der Waals surface area contributed by atoms with Crippen LogP contribution in [0.15, 0.2) is 48.8 Å². The molecule has 180 valence electrons. The zero-order valence-corrected chi connectivity index (χ0v) is 19.1. The first-order valence-corrected chi connectivity index (χ1v) is 11.0. The number of carbonyl (C=O) groups is 3. The molecule has 0 unspecified atom stereocenters. The molecule has 1 saturated heterocycles. The second-order valence-electron chi connectivity index (χ2n) is 8.44. The van der Waals surface area contributed by atoms with E-state index in [-0.39, 0.29) is 6.04 Å². The topological polar surface area (TPSA) is 141 Å². The molecule has 35 heavy (non-hydrogen) atoms. The van der Waals surface area contributed by atoms with Crippen LogP contribution in [0.25, 0.3) is 5.69 Å². The van der Waals surface area contributed by atoms with Crippen LogP contribution in [0.4, 0.5) is 4.79 Å². The van der Waals surface area contributed by atoms with Gasteiger partial charge in [0, 0.05) is 0 Å². The summed E-state index contributed by atoms with van der Waals surface area (Å²) < 4.78 is 12.6. The second kappa shape index (κ2) is 8.70. The number of nitrogens with zero attached hydrogens (tertiary/aromatic N) is 5. The van der Waals surface area contributed by atoms with Crippen LogP contribution in [0.3, 0.4) is 0 Å². The average Bonchev–Trinajstić information content (AvgIpc) is 3.48. The lowest BCUT2D eigenvalue weighted by molar-refractivity contribution is -0.135. The highest BCUT2D eigenvalue weighted by Gasteiger charge is 2.49. The number of ether oxygens (including phenoxy) is 2. The minimum absolute atomic E-state index is 0.376. The number of benzene rings is 2. The Balaban J connectivity index is 1.28. The minimum atomic E-state index is -1.34. The molecule has 0 spiro atoms. The van der Waals surface area contributed by atoms with Crippen molar-refractivity contribution in [2.24, 2.45) is 0 Å². The Hall–Kier alpha value is -4.48. The van der Waals surface area contributed by atoms with E-state index in [0.717, 1.165) is 10.5 Å². The lowest BCUT2D eigenvalue weighted by Crippen LogP contribution is -2.43. The molecular formula is C23H23N7O5. The molecule has 0 bridgehead atoms. The number of hydrogen-bond donors (Lipinski definition) is 2. The third kappa shape index (κ3) is 4.14. The SMILES string of the molecule is C[C@H](NC(=O)CN1C(=O)N[C@](C)(c2cccc(-n3cnnn3)c2)C1=O)c1ccc2c(c1)OCCO2. The van der Waals surface area contributed by atoms with Crippen molar-refractivity contribution < 1.29 is 23.9 Å². The van der Waals surface area contributed by atoms with Crippen molar-refractivity contribution in [3.8, 4) is 17.2 Å². The van der Waals surface area contributed by atoms with E-state index >= 15 is 0 Å². The van der Waals surface area contributed by atoms with Crippen LogP contribution in [0.1, 0.15) is 31.0 Å². The molecule has 2 aliphatic rings. The van der Waals surface area contributed by atoms with Crippen molar-refractivity contribution in [3.05, 3.63) is 59.9 Å². The largest absolute Gasteiger partial charge is 0.486 e. The number of fused-ring (bicyclic) bond motifs is 1. The summed E-state index contributed by atoms with van der Waals surface area (Å²) in [4.78, 5) is 39.6. The van der Waals surface area contributed by atoms with Gasteiger partial charge in [-0.15, -0.1) is 5.10 Å². The van der Waals surface area contributed by atoms with Gasteiger partial charge in [-0.05, 0) is 59.7 Å². The van der Waals surface area contributed by atoms with Gasteiger partial charge in [0.05, 0.1) is 11.7 Å². The number of carbonyl (C=O) groups excluding carboxylic acids is 3. The molecule has 0 saturated carbocycles. The van der Waals surface area contributed by atoms with Gasteiger partial charge >= 0.3 is 6.03 Å². The fourth-order valence-electron chi connectivity index (χ4n) is 4.12. The van der Waals surface area contributed by atoms with E-state index in [1.165, 1.54) is 11.0 Å². The highest BCUT2D eigenvalue weighted by molar-refractivity contribution is 6.09. The van der Waals surface area contributed by atoms with Crippen molar-refractivity contribution in [1.82, 2.24) is 35.7 Å². The van der Waals surface area contributed by atoms with Crippen molar-refractivity contribution in [2.45, 2.75) is 25.4 Å². The monoisotopic (exact) mass is 477 g/mol. The number of nitrogens with one attached hydrogen (secondary N) is 2. The van der Waals surface area contributed by atoms with Crippen molar-refractivity contribution >= 4 is 17.8 Å². The summed E-state index contributed by atoms with van der Waals surface area (Å²) in [6, 6.07) is 11.4. The number of amides is 4. The maximum Gasteiger partial charge on any atom is 0.325 e. The summed E-state index contributed by atoms with van der Waals surface area (Å²) in [7, 11) is 0. The molecule has 2 N–H and O–H groups in total. The second-order valence-corrected chi connectivity index (χ2v) is 8.44. The Morgan fingerprint density at radius 1 is 1.17 bits per heavy atom. The first-order valence-electron chi connectivity index (χ1n) is 11.0. The number of aromatic nitrogens is 4. The summed E-state index contributed by atoms with van der Waals surface area (Å²) in [6.45, 7) is 3.94. The lowest BCUT2D eigenvalue weighted by Gasteiger charge is -2.23. The van der Waals surface area contributed by atoms with Gasteiger partial charge in [-0.1, -0.05) is 18.2 Å². The molecular weight excluding hydrogens is 454 g/mol. The standard InChI is InChI=1S/C23H23N7O5/c1-14(15-6-7-18-19(10-15)35-9-8-34-18)25-20(31)12-29-21(32)23(2,26-22(29)33)16-4-3-5-17(11-16)30-13-24-27-28-30/h3-7,10-11,13-14H,8-9,12H2,1-2H3,(H,25,31)(H,26,33)/t14-,23+/m0/s1. The van der Waals surface area contributed by atoms with Crippen LogP contribution in [0.5, 0.6) is 11.5 Å². The van der Waals surface area contributed by atoms with Crippen LogP contribution in [0, 0.1) is 0 Å². The summed E-state index contributed by atoms with van der Waals surface area (Å²) in [6.07, 6.45) is 1.43. The van der Waals surface area contributed by atoms with Gasteiger partial charge in [-0.3, -0.25) is 14.5 Å². The van der Waals surface area contributed by atoms with Gasteiger partial charge in [0.1, 0.15) is 31.6 Å². The van der Waals surface area contributed by atoms with E-state index in [0.29, 0.717) is 36.0 Å². The molecule has 12 heteroatoms. The fourth-order valence-corrected chi connectivity index (χ4v) is 4.12. The normalized spacial score (nSPS) is 19.9. The molecule has 0 radical (unpaired) electrons. The summed E-state index contributed by atoms with van der Waals surface area (Å²) >= 11 is 0. The predicted molar refractivity (Wildman–Crippen MR) is 121 cm³/mol. The summed E-state index contributed by atoms with van der Waals surface area (Å²) in [5.41, 5.74) is 0.628. The molecule has 1 aromatic heterocycles. The minimum Gasteiger partial charge on any atom is -0.486 e. The van der Waals surface area contributed by atoms with Crippen LogP contribution in [-0.4, -0.2) is 62.7 Å². The number of tetrazole rings is 1. The van der Waals surface area contributed by atoms with Crippen LogP contribution < -0.4 is 20.1 Å². The first-order chi connectivity index (χ1) is 16.8. The molecule has 4 amide bonds. The molecule has 2 atom stereocenters. The number of hydrogen-bond acceptors (Lipinski definition) is 8. The molecule has 3 heterocycles. The Morgan fingerprint density at radius 3 is 2.74 bits per heavy atom. The maximum absolute atomic E-state index is 13.3. The quantitative estimate of drug-likeness (QED) is 0.503. The Kier molecular flexibility index (Phi) is 5.55. The molecule has 1 fully saturated rings. The van der Waals surface area contributed by atoms with Crippen molar-refractivity contribution in [2.75, 3.05) is 19.8 Å². The molecule has 12 nitrogen and oxygen atoms in total. The van der Waals surface area contributed by atoms with Crippen molar-refractivity contribution in [1.29, 1.82) is 0 Å². The van der Waals surface area contributed by atoms with Gasteiger partial charge in [0.15, 0.2) is 11.5 Å². The first kappa shape index (κ1) is 22.3. The maximum atomic E-state index is 13.3. The van der Waals surface area contributed by atoms with Gasteiger partial charge in [0.2, 0.25) is 5.91 Å².